The molecule has 16 heteroatoms. The number of ether oxygens (including phenoxy) is 1. The van der Waals surface area contributed by atoms with Crippen LogP contribution in [0.3, 0.4) is 0 Å². The molecule has 314 valence electrons. The van der Waals surface area contributed by atoms with Crippen LogP contribution in [-0.2, 0) is 9.59 Å². The Kier molecular flexibility index (Phi) is 11.3. The van der Waals surface area contributed by atoms with Crippen LogP contribution in [0.5, 0.6) is 5.75 Å². The van der Waals surface area contributed by atoms with Gasteiger partial charge in [0.25, 0.3) is 17.4 Å². The Hall–Kier alpha value is -5.59. The number of amides is 3. The number of carbonyl (C=O) groups excluding carboxylic acids is 3. The van der Waals surface area contributed by atoms with E-state index in [0.717, 1.165) is 76.1 Å². The van der Waals surface area contributed by atoms with Crippen molar-refractivity contribution in [1.82, 2.24) is 35.3 Å². The van der Waals surface area contributed by atoms with Crippen LogP contribution in [0.2, 0.25) is 5.02 Å². The number of aromatic nitrogens is 4. The molecule has 1 saturated carbocycles. The predicted molar refractivity (Wildman–Crippen MR) is 227 cm³/mol. The number of carbonyl (C=O) groups is 3. The van der Waals surface area contributed by atoms with Gasteiger partial charge in [-0.3, -0.25) is 29.4 Å². The summed E-state index contributed by atoms with van der Waals surface area (Å²) in [5, 5.41) is 20.6. The van der Waals surface area contributed by atoms with Crippen LogP contribution >= 0.6 is 11.6 Å². The number of nitrogens with one attached hydrogen (secondary N) is 2. The molecule has 0 radical (unpaired) electrons. The number of nitrogens with zero attached hydrogens (tertiary/aromatic N) is 8. The second kappa shape index (κ2) is 16.5. The smallest absolute Gasteiger partial charge is 0.275 e. The molecule has 1 aliphatic carbocycles. The second-order valence-electron chi connectivity index (χ2n) is 17.8. The summed E-state index contributed by atoms with van der Waals surface area (Å²) in [6.45, 7) is 14.7. The summed E-state index contributed by atoms with van der Waals surface area (Å²) in [6, 6.07) is 11.9. The van der Waals surface area contributed by atoms with Gasteiger partial charge in [0.1, 0.15) is 24.0 Å². The molecule has 3 saturated heterocycles. The molecule has 4 aliphatic rings. The largest absolute Gasteiger partial charge is 0.489 e. The zero-order chi connectivity index (χ0) is 42.3. The molecule has 8 rings (SSSR count). The number of piperidine rings is 1. The summed E-state index contributed by atoms with van der Waals surface area (Å²) < 4.78 is 7.57. The van der Waals surface area contributed by atoms with Crippen LogP contribution in [0, 0.1) is 28.1 Å². The molecule has 60 heavy (non-hydrogen) atoms. The Morgan fingerprint density at radius 1 is 0.933 bits per heavy atom. The number of nitriles is 1. The lowest BCUT2D eigenvalue weighted by atomic mass is 9.49. The van der Waals surface area contributed by atoms with Crippen molar-refractivity contribution in [2.24, 2.45) is 16.7 Å². The lowest BCUT2D eigenvalue weighted by Gasteiger charge is -2.63. The minimum absolute atomic E-state index is 0.172. The second-order valence-corrected chi connectivity index (χ2v) is 18.2. The van der Waals surface area contributed by atoms with Gasteiger partial charge in [-0.05, 0) is 61.9 Å². The van der Waals surface area contributed by atoms with Crippen LogP contribution in [-0.4, -0.2) is 100 Å². The number of hydrogen-bond acceptors (Lipinski definition) is 12. The molecule has 4 aromatic rings. The molecule has 0 bridgehead atoms. The molecule has 2 N–H and O–H groups in total. The molecule has 3 aliphatic heterocycles. The minimum atomic E-state index is -0.788. The lowest BCUT2D eigenvalue weighted by molar-refractivity contribution is -0.164. The Labute approximate surface area is 354 Å². The molecule has 2 aromatic heterocycles. The van der Waals surface area contributed by atoms with E-state index in [0.29, 0.717) is 39.2 Å². The molecular formula is C44H51ClN10O5. The zero-order valence-corrected chi connectivity index (χ0v) is 35.2. The summed E-state index contributed by atoms with van der Waals surface area (Å²) in [5.74, 6) is 0.733. The monoisotopic (exact) mass is 834 g/mol. The zero-order valence-electron chi connectivity index (χ0n) is 34.5. The van der Waals surface area contributed by atoms with E-state index in [-0.39, 0.29) is 53.2 Å². The molecule has 3 amide bonds. The van der Waals surface area contributed by atoms with Crippen LogP contribution in [0.15, 0.2) is 59.8 Å². The van der Waals surface area contributed by atoms with Crippen molar-refractivity contribution < 1.29 is 19.1 Å². The Morgan fingerprint density at radius 3 is 2.38 bits per heavy atom. The molecule has 2 aromatic carbocycles. The average molecular weight is 835 g/mol. The quantitative estimate of drug-likeness (QED) is 0.222. The maximum atomic E-state index is 13.5. The third-order valence-corrected chi connectivity index (χ3v) is 13.3. The average Bonchev–Trinajstić information content (AvgIpc) is 3.48. The van der Waals surface area contributed by atoms with Gasteiger partial charge in [0.15, 0.2) is 0 Å². The number of rotatable bonds is 9. The van der Waals surface area contributed by atoms with E-state index in [1.54, 1.807) is 36.8 Å². The highest BCUT2D eigenvalue weighted by atomic mass is 35.5. The number of anilines is 2. The first-order valence-corrected chi connectivity index (χ1v) is 21.2. The number of piperazine rings is 1. The first kappa shape index (κ1) is 41.2. The van der Waals surface area contributed by atoms with Crippen molar-refractivity contribution >= 4 is 51.7 Å². The van der Waals surface area contributed by atoms with Gasteiger partial charge in [0.05, 0.1) is 27.7 Å². The number of benzene rings is 2. The first-order chi connectivity index (χ1) is 28.7. The van der Waals surface area contributed by atoms with Gasteiger partial charge in [-0.25, -0.2) is 14.6 Å². The van der Waals surface area contributed by atoms with Crippen LogP contribution in [0.4, 0.5) is 11.6 Å². The minimum Gasteiger partial charge on any atom is -0.489 e. The highest BCUT2D eigenvalue weighted by Crippen LogP contribution is 2.55. The van der Waals surface area contributed by atoms with E-state index in [4.69, 9.17) is 16.3 Å². The molecule has 0 spiro atoms. The third-order valence-electron chi connectivity index (χ3n) is 13.0. The topological polar surface area (TPSA) is 179 Å². The van der Waals surface area contributed by atoms with E-state index in [2.05, 4.69) is 74.2 Å². The fourth-order valence-corrected chi connectivity index (χ4v) is 10.2. The Balaban J connectivity index is 0.806. The van der Waals surface area contributed by atoms with E-state index in [1.807, 2.05) is 18.2 Å². The SMILES string of the molecule is CC1(C)C(NC(=O)c2cnc(N3CCCC(CN4CCN(c5ccc6c(=O)n(C7CCC(=O)NC7=O)ncc6c5)CC4)CC3)nc2)C(C)(C)C1Oc1ccc(C#N)c(Cl)c1. The number of halogens is 1. The molecule has 5 heterocycles. The lowest BCUT2D eigenvalue weighted by Crippen LogP contribution is -2.74. The number of imide groups is 1. The Morgan fingerprint density at radius 2 is 1.68 bits per heavy atom. The summed E-state index contributed by atoms with van der Waals surface area (Å²) in [7, 11) is 0. The molecule has 2 unspecified atom stereocenters. The van der Waals surface area contributed by atoms with Gasteiger partial charge in [0.2, 0.25) is 11.9 Å². The fraction of sp³-hybridized carbons (Fsp3) is 0.500. The molecule has 15 nitrogen and oxygen atoms in total. The van der Waals surface area contributed by atoms with E-state index in [9.17, 15) is 24.4 Å². The molecular weight excluding hydrogens is 784 g/mol. The highest BCUT2D eigenvalue weighted by molar-refractivity contribution is 6.31. The van der Waals surface area contributed by atoms with E-state index < -0.39 is 11.9 Å². The van der Waals surface area contributed by atoms with Crippen molar-refractivity contribution in [1.29, 1.82) is 5.26 Å². The maximum Gasteiger partial charge on any atom is 0.275 e. The molecule has 2 atom stereocenters. The van der Waals surface area contributed by atoms with Crippen molar-refractivity contribution in [3.8, 4) is 11.8 Å². The third kappa shape index (κ3) is 8.02. The van der Waals surface area contributed by atoms with Crippen molar-refractivity contribution in [3.63, 3.8) is 0 Å². The standard InChI is InChI=1S/C44H51ClN10O5/c1-43(2)40(44(3,4)41(43)60-32-9-7-28(22-46)34(45)21-32)51-37(57)30-23-47-42(48-24-30)54-14-5-6-27(13-15-54)26-52-16-18-53(19-17-52)31-8-10-33-29(20-31)25-49-55(39(33)59)35-11-12-36(56)50-38(35)58/h7-10,20-21,23-25,27,35,40-41H,5-6,11-19,26H2,1-4H3,(H,51,57)(H,50,56,58). The maximum absolute atomic E-state index is 13.5. The summed E-state index contributed by atoms with van der Waals surface area (Å²) in [5.41, 5.74) is 0.738. The van der Waals surface area contributed by atoms with Crippen LogP contribution in [0.1, 0.15) is 81.8 Å². The van der Waals surface area contributed by atoms with E-state index in [1.165, 1.54) is 4.68 Å². The molecule has 4 fully saturated rings. The highest BCUT2D eigenvalue weighted by Gasteiger charge is 2.64. The van der Waals surface area contributed by atoms with E-state index >= 15 is 0 Å². The van der Waals surface area contributed by atoms with Gasteiger partial charge >= 0.3 is 0 Å². The normalized spacial score (nSPS) is 24.2. The van der Waals surface area contributed by atoms with Gasteiger partial charge < -0.3 is 19.9 Å². The number of fused-ring (bicyclic) bond motifs is 1. The first-order valence-electron chi connectivity index (χ1n) is 20.8. The summed E-state index contributed by atoms with van der Waals surface area (Å²) in [6.07, 6.45) is 8.30. The van der Waals surface area contributed by atoms with Gasteiger partial charge in [0, 0.05) is 98.6 Å². The Bertz CT molecular complexity index is 2390. The van der Waals surface area contributed by atoms with Gasteiger partial charge in [-0.2, -0.15) is 10.4 Å². The summed E-state index contributed by atoms with van der Waals surface area (Å²) in [4.78, 5) is 67.1. The van der Waals surface area contributed by atoms with Gasteiger partial charge in [-0.1, -0.05) is 39.3 Å². The van der Waals surface area contributed by atoms with Crippen molar-refractivity contribution in [2.45, 2.75) is 78.0 Å². The van der Waals surface area contributed by atoms with Crippen LogP contribution in [0.25, 0.3) is 10.8 Å². The number of hydrogen-bond donors (Lipinski definition) is 2. The van der Waals surface area contributed by atoms with Crippen molar-refractivity contribution in [3.05, 3.63) is 81.5 Å². The van der Waals surface area contributed by atoms with Crippen molar-refractivity contribution in [2.75, 3.05) is 55.6 Å². The predicted octanol–water partition coefficient (Wildman–Crippen LogP) is 4.73. The fourth-order valence-electron chi connectivity index (χ4n) is 10.00. The van der Waals surface area contributed by atoms with Crippen LogP contribution < -0.4 is 30.7 Å². The van der Waals surface area contributed by atoms with Gasteiger partial charge in [-0.15, -0.1) is 0 Å². The summed E-state index contributed by atoms with van der Waals surface area (Å²) >= 11 is 6.25.